The Kier molecular flexibility index (Phi) is 5.93. The zero-order chi connectivity index (χ0) is 20.1. The normalized spacial score (nSPS) is 16.1. The molecule has 0 radical (unpaired) electrons. The molecule has 0 aromatic heterocycles. The van der Waals surface area contributed by atoms with Gasteiger partial charge in [0.25, 0.3) is 0 Å². The molecule has 3 amide bonds. The lowest BCUT2D eigenvalue weighted by molar-refractivity contribution is -0.129. The number of rotatable bonds is 6. The van der Waals surface area contributed by atoms with Crippen LogP contribution in [0.1, 0.15) is 33.5 Å². The maximum atomic E-state index is 12.5. The number of urea groups is 1. The first-order chi connectivity index (χ1) is 13.4. The molecule has 3 rings (SSSR count). The fourth-order valence-corrected chi connectivity index (χ4v) is 3.10. The third-order valence-electron chi connectivity index (χ3n) is 4.75. The Bertz CT molecular complexity index is 862. The Balaban J connectivity index is 1.47. The summed E-state index contributed by atoms with van der Waals surface area (Å²) < 4.78 is 0. The van der Waals surface area contributed by atoms with Crippen LogP contribution in [-0.4, -0.2) is 40.5 Å². The Morgan fingerprint density at radius 1 is 1.07 bits per heavy atom. The highest BCUT2D eigenvalue weighted by Crippen LogP contribution is 2.15. The Hall–Kier alpha value is -3.35. The Labute approximate surface area is 163 Å². The minimum absolute atomic E-state index is 0.0819. The van der Waals surface area contributed by atoms with Crippen molar-refractivity contribution in [2.45, 2.75) is 32.5 Å². The van der Waals surface area contributed by atoms with Gasteiger partial charge in [-0.25, -0.2) is 9.59 Å². The number of aryl methyl sites for hydroxylation is 1. The van der Waals surface area contributed by atoms with Crippen molar-refractivity contribution in [2.75, 3.05) is 6.54 Å². The zero-order valence-corrected chi connectivity index (χ0v) is 15.6. The monoisotopic (exact) mass is 381 g/mol. The number of hydrogen-bond acceptors (Lipinski definition) is 3. The van der Waals surface area contributed by atoms with Crippen LogP contribution >= 0.6 is 0 Å². The van der Waals surface area contributed by atoms with Crippen LogP contribution in [0.3, 0.4) is 0 Å². The SMILES string of the molecule is Cc1ccc(CN2CCC(NC(=O)NCc3ccc(C(=O)O)cc3)C2=O)cc1. The van der Waals surface area contributed by atoms with E-state index in [1.54, 1.807) is 17.0 Å². The van der Waals surface area contributed by atoms with Crippen LogP contribution in [0.15, 0.2) is 48.5 Å². The molecule has 0 saturated carbocycles. The van der Waals surface area contributed by atoms with Gasteiger partial charge in [-0.15, -0.1) is 0 Å². The molecule has 28 heavy (non-hydrogen) atoms. The Morgan fingerprint density at radius 2 is 1.71 bits per heavy atom. The second-order valence-corrected chi connectivity index (χ2v) is 6.92. The number of carboxylic acid groups (broad SMARTS) is 1. The topological polar surface area (TPSA) is 98.7 Å². The number of nitrogens with zero attached hydrogens (tertiary/aromatic N) is 1. The van der Waals surface area contributed by atoms with E-state index in [1.165, 1.54) is 17.7 Å². The molecule has 1 unspecified atom stereocenters. The summed E-state index contributed by atoms with van der Waals surface area (Å²) in [5.41, 5.74) is 3.21. The van der Waals surface area contributed by atoms with Crippen molar-refractivity contribution in [2.24, 2.45) is 0 Å². The number of benzene rings is 2. The minimum Gasteiger partial charge on any atom is -0.478 e. The molecule has 7 nitrogen and oxygen atoms in total. The van der Waals surface area contributed by atoms with Gasteiger partial charge < -0.3 is 20.6 Å². The number of hydrogen-bond donors (Lipinski definition) is 3. The van der Waals surface area contributed by atoms with Gasteiger partial charge in [0, 0.05) is 19.6 Å². The van der Waals surface area contributed by atoms with Crippen LogP contribution in [0.2, 0.25) is 0 Å². The highest BCUT2D eigenvalue weighted by atomic mass is 16.4. The lowest BCUT2D eigenvalue weighted by Gasteiger charge is -2.17. The quantitative estimate of drug-likeness (QED) is 0.715. The second-order valence-electron chi connectivity index (χ2n) is 6.92. The van der Waals surface area contributed by atoms with E-state index in [9.17, 15) is 14.4 Å². The average molecular weight is 381 g/mol. The maximum absolute atomic E-state index is 12.5. The van der Waals surface area contributed by atoms with E-state index in [1.807, 2.05) is 31.2 Å². The van der Waals surface area contributed by atoms with E-state index < -0.39 is 18.0 Å². The number of carbonyl (C=O) groups is 3. The van der Waals surface area contributed by atoms with Crippen LogP contribution in [0.25, 0.3) is 0 Å². The van der Waals surface area contributed by atoms with Gasteiger partial charge in [-0.2, -0.15) is 0 Å². The summed E-state index contributed by atoms with van der Waals surface area (Å²) in [6.07, 6.45) is 0.575. The molecule has 1 saturated heterocycles. The predicted octanol–water partition coefficient (Wildman–Crippen LogP) is 2.29. The zero-order valence-electron chi connectivity index (χ0n) is 15.6. The van der Waals surface area contributed by atoms with Crippen molar-refractivity contribution in [1.29, 1.82) is 0 Å². The third kappa shape index (κ3) is 4.88. The van der Waals surface area contributed by atoms with Crippen LogP contribution in [0.5, 0.6) is 0 Å². The van der Waals surface area contributed by atoms with Crippen LogP contribution in [0, 0.1) is 6.92 Å². The molecule has 3 N–H and O–H groups in total. The number of carboxylic acids is 1. The van der Waals surface area contributed by atoms with Gasteiger partial charge in [0.15, 0.2) is 0 Å². The molecule has 1 aliphatic rings. The van der Waals surface area contributed by atoms with Crippen molar-refractivity contribution in [1.82, 2.24) is 15.5 Å². The number of nitrogens with one attached hydrogen (secondary N) is 2. The summed E-state index contributed by atoms with van der Waals surface area (Å²) in [6.45, 7) is 3.41. The molecular formula is C21H23N3O4. The van der Waals surface area contributed by atoms with E-state index in [0.29, 0.717) is 19.5 Å². The van der Waals surface area contributed by atoms with Crippen molar-refractivity contribution >= 4 is 17.9 Å². The molecule has 1 aliphatic heterocycles. The van der Waals surface area contributed by atoms with Crippen molar-refractivity contribution in [3.05, 3.63) is 70.8 Å². The summed E-state index contributed by atoms with van der Waals surface area (Å²) >= 11 is 0. The van der Waals surface area contributed by atoms with E-state index >= 15 is 0 Å². The van der Waals surface area contributed by atoms with Crippen molar-refractivity contribution in [3.8, 4) is 0 Å². The van der Waals surface area contributed by atoms with E-state index in [2.05, 4.69) is 10.6 Å². The van der Waals surface area contributed by atoms with E-state index in [-0.39, 0.29) is 18.0 Å². The molecule has 1 fully saturated rings. The lowest BCUT2D eigenvalue weighted by atomic mass is 10.1. The van der Waals surface area contributed by atoms with Gasteiger partial charge in [-0.05, 0) is 36.6 Å². The molecule has 1 heterocycles. The van der Waals surface area contributed by atoms with Gasteiger partial charge >= 0.3 is 12.0 Å². The van der Waals surface area contributed by atoms with Crippen LogP contribution < -0.4 is 10.6 Å². The standard InChI is InChI=1S/C21H23N3O4/c1-14-2-4-16(5-3-14)13-24-11-10-18(19(24)25)23-21(28)22-12-15-6-8-17(9-7-15)20(26)27/h2-9,18H,10-13H2,1H3,(H,26,27)(H2,22,23,28). The number of carbonyl (C=O) groups excluding carboxylic acids is 2. The predicted molar refractivity (Wildman–Crippen MR) is 104 cm³/mol. The summed E-state index contributed by atoms with van der Waals surface area (Å²) in [4.78, 5) is 37.2. The molecule has 1 atom stereocenters. The Morgan fingerprint density at radius 3 is 2.36 bits per heavy atom. The van der Waals surface area contributed by atoms with Crippen molar-refractivity contribution in [3.63, 3.8) is 0 Å². The summed E-state index contributed by atoms with van der Waals surface area (Å²) in [6, 6.07) is 13.4. The van der Waals surface area contributed by atoms with Gasteiger partial charge in [-0.1, -0.05) is 42.0 Å². The van der Waals surface area contributed by atoms with E-state index in [0.717, 1.165) is 11.1 Å². The highest BCUT2D eigenvalue weighted by molar-refractivity contribution is 5.89. The molecule has 7 heteroatoms. The first-order valence-electron chi connectivity index (χ1n) is 9.13. The van der Waals surface area contributed by atoms with Gasteiger partial charge in [0.2, 0.25) is 5.91 Å². The van der Waals surface area contributed by atoms with Crippen LogP contribution in [0.4, 0.5) is 4.79 Å². The molecule has 2 aromatic carbocycles. The van der Waals surface area contributed by atoms with Crippen molar-refractivity contribution < 1.29 is 19.5 Å². The largest absolute Gasteiger partial charge is 0.478 e. The second kappa shape index (κ2) is 8.56. The summed E-state index contributed by atoms with van der Waals surface area (Å²) in [5.74, 6) is -1.08. The fraction of sp³-hybridized carbons (Fsp3) is 0.286. The van der Waals surface area contributed by atoms with Crippen LogP contribution in [-0.2, 0) is 17.9 Å². The third-order valence-corrected chi connectivity index (χ3v) is 4.75. The molecular weight excluding hydrogens is 358 g/mol. The number of aromatic carboxylic acids is 1. The number of amides is 3. The average Bonchev–Trinajstić information content (AvgIpc) is 3.02. The molecule has 146 valence electrons. The summed E-state index contributed by atoms with van der Waals surface area (Å²) in [7, 11) is 0. The van der Waals surface area contributed by atoms with Gasteiger partial charge in [-0.3, -0.25) is 4.79 Å². The first-order valence-corrected chi connectivity index (χ1v) is 9.13. The van der Waals surface area contributed by atoms with Gasteiger partial charge in [0.05, 0.1) is 5.56 Å². The molecule has 0 aliphatic carbocycles. The highest BCUT2D eigenvalue weighted by Gasteiger charge is 2.32. The van der Waals surface area contributed by atoms with Gasteiger partial charge in [0.1, 0.15) is 6.04 Å². The number of likely N-dealkylation sites (tertiary alicyclic amines) is 1. The fourth-order valence-electron chi connectivity index (χ4n) is 3.10. The lowest BCUT2D eigenvalue weighted by Crippen LogP contribution is -2.45. The minimum atomic E-state index is -0.993. The maximum Gasteiger partial charge on any atom is 0.335 e. The molecule has 0 spiro atoms. The first kappa shape index (κ1) is 19.4. The van der Waals surface area contributed by atoms with E-state index in [4.69, 9.17) is 5.11 Å². The molecule has 0 bridgehead atoms. The molecule has 2 aromatic rings. The smallest absolute Gasteiger partial charge is 0.335 e. The summed E-state index contributed by atoms with van der Waals surface area (Å²) in [5, 5.41) is 14.3.